The third-order valence-electron chi connectivity index (χ3n) is 6.28. The van der Waals surface area contributed by atoms with Gasteiger partial charge in [-0.1, -0.05) is 0 Å². The molecule has 1 unspecified atom stereocenters. The molecule has 1 fully saturated rings. The van der Waals surface area contributed by atoms with Gasteiger partial charge in [0.1, 0.15) is 5.52 Å². The average molecular weight is 511 g/mol. The summed E-state index contributed by atoms with van der Waals surface area (Å²) >= 11 is 0. The molecule has 3 aromatic rings. The van der Waals surface area contributed by atoms with Crippen LogP contribution in [-0.2, 0) is 21.2 Å². The van der Waals surface area contributed by atoms with E-state index < -0.39 is 16.0 Å². The van der Waals surface area contributed by atoms with Crippen LogP contribution in [0.2, 0.25) is 0 Å². The first-order valence-electron chi connectivity index (χ1n) is 11.3. The van der Waals surface area contributed by atoms with Gasteiger partial charge >= 0.3 is 5.97 Å². The quantitative estimate of drug-likeness (QED) is 0.349. The maximum Gasteiger partial charge on any atom is 0.303 e. The number of carboxylic acids is 1. The molecule has 0 aliphatic carbocycles. The normalized spacial score (nSPS) is 16.5. The lowest BCUT2D eigenvalue weighted by Gasteiger charge is -2.28. The molecule has 1 atom stereocenters. The monoisotopic (exact) mass is 510 g/mol. The minimum atomic E-state index is -3.77. The van der Waals surface area contributed by atoms with Gasteiger partial charge in [0, 0.05) is 47.5 Å². The van der Waals surface area contributed by atoms with E-state index in [1.165, 1.54) is 10.4 Å². The molecule has 1 aromatic carbocycles. The molecule has 0 radical (unpaired) electrons. The standard InChI is InChI=1S/C23H30N4O5S.ClH/c1-14(2)27(13-16-6-4-10-24-16)33(31,32)17-8-9-19-18(11-17)21-15(5-3-7-20(28)29)12-25-22(21)23(30)26-19;/h8-9,11-12,14,16,24-25H,3-7,10,13H2,1-2H3,(H,26,30)(H,28,29);1H. The van der Waals surface area contributed by atoms with Crippen LogP contribution in [0.5, 0.6) is 0 Å². The number of hydrogen-bond acceptors (Lipinski definition) is 5. The number of hydrogen-bond donors (Lipinski definition) is 4. The molecule has 0 saturated carbocycles. The summed E-state index contributed by atoms with van der Waals surface area (Å²) in [6, 6.07) is 4.71. The third-order valence-corrected chi connectivity index (χ3v) is 8.32. The predicted molar refractivity (Wildman–Crippen MR) is 134 cm³/mol. The van der Waals surface area contributed by atoms with Crippen molar-refractivity contribution >= 4 is 50.2 Å². The van der Waals surface area contributed by atoms with E-state index in [4.69, 9.17) is 5.11 Å². The lowest BCUT2D eigenvalue weighted by molar-refractivity contribution is -0.137. The summed E-state index contributed by atoms with van der Waals surface area (Å²) in [5, 5.41) is 13.6. The van der Waals surface area contributed by atoms with Crippen LogP contribution in [0.1, 0.15) is 45.1 Å². The Labute approximate surface area is 204 Å². The lowest BCUT2D eigenvalue weighted by atomic mass is 10.0. The SMILES string of the molecule is CC(C)N(CC1CCCN1)S(=O)(=O)c1ccc2[nH]c(=O)c3[nH]cc(CCCC(=O)O)c3c2c1.Cl. The van der Waals surface area contributed by atoms with Crippen molar-refractivity contribution in [2.24, 2.45) is 0 Å². The number of aliphatic carboxylic acids is 1. The van der Waals surface area contributed by atoms with E-state index in [9.17, 15) is 18.0 Å². The second-order valence-corrected chi connectivity index (χ2v) is 10.8. The molecule has 11 heteroatoms. The second-order valence-electron chi connectivity index (χ2n) is 8.93. The number of nitrogens with one attached hydrogen (secondary N) is 3. The van der Waals surface area contributed by atoms with E-state index in [1.54, 1.807) is 18.3 Å². The highest BCUT2D eigenvalue weighted by molar-refractivity contribution is 7.89. The average Bonchev–Trinajstić information content (AvgIpc) is 3.42. The fourth-order valence-corrected chi connectivity index (χ4v) is 6.32. The first-order chi connectivity index (χ1) is 15.7. The number of rotatable bonds is 9. The Morgan fingerprint density at radius 1 is 1.29 bits per heavy atom. The highest BCUT2D eigenvalue weighted by Gasteiger charge is 2.31. The Kier molecular flexibility index (Phi) is 8.07. The lowest BCUT2D eigenvalue weighted by Crippen LogP contribution is -2.44. The second kappa shape index (κ2) is 10.5. The number of fused-ring (bicyclic) bond motifs is 3. The van der Waals surface area contributed by atoms with Gasteiger partial charge in [0.2, 0.25) is 10.0 Å². The molecule has 0 amide bonds. The summed E-state index contributed by atoms with van der Waals surface area (Å²) < 4.78 is 28.8. The van der Waals surface area contributed by atoms with E-state index in [1.807, 2.05) is 13.8 Å². The molecule has 2 aromatic heterocycles. The Bertz CT molecular complexity index is 1340. The van der Waals surface area contributed by atoms with Crippen molar-refractivity contribution in [2.75, 3.05) is 13.1 Å². The summed E-state index contributed by atoms with van der Waals surface area (Å²) in [5.41, 5.74) is 1.40. The van der Waals surface area contributed by atoms with Gasteiger partial charge in [-0.25, -0.2) is 8.42 Å². The number of carboxylic acid groups (broad SMARTS) is 1. The molecule has 0 bridgehead atoms. The van der Waals surface area contributed by atoms with Gasteiger partial charge in [-0.05, 0) is 69.8 Å². The fraction of sp³-hybridized carbons (Fsp3) is 0.478. The van der Waals surface area contributed by atoms with Gasteiger partial charge in [-0.15, -0.1) is 12.4 Å². The van der Waals surface area contributed by atoms with Crippen LogP contribution in [-0.4, -0.2) is 58.9 Å². The zero-order chi connectivity index (χ0) is 23.8. The highest BCUT2D eigenvalue weighted by atomic mass is 35.5. The molecular formula is C23H31ClN4O5S. The number of aromatic amines is 2. The minimum absolute atomic E-state index is 0. The van der Waals surface area contributed by atoms with Crippen molar-refractivity contribution in [3.63, 3.8) is 0 Å². The number of aryl methyl sites for hydroxylation is 1. The van der Waals surface area contributed by atoms with Crippen molar-refractivity contribution in [3.05, 3.63) is 40.3 Å². The number of carbonyl (C=O) groups is 1. The number of halogens is 1. The summed E-state index contributed by atoms with van der Waals surface area (Å²) in [6.45, 7) is 5.05. The molecule has 0 spiro atoms. The number of aromatic nitrogens is 2. The molecule has 9 nitrogen and oxygen atoms in total. The van der Waals surface area contributed by atoms with Gasteiger partial charge in [-0.3, -0.25) is 9.59 Å². The largest absolute Gasteiger partial charge is 0.481 e. The first kappa shape index (κ1) is 26.2. The van der Waals surface area contributed by atoms with E-state index in [2.05, 4.69) is 15.3 Å². The summed E-state index contributed by atoms with van der Waals surface area (Å²) in [6.07, 6.45) is 4.59. The van der Waals surface area contributed by atoms with Crippen LogP contribution in [0, 0.1) is 0 Å². The van der Waals surface area contributed by atoms with Gasteiger partial charge in [0.25, 0.3) is 5.56 Å². The van der Waals surface area contributed by atoms with Crippen LogP contribution in [0.25, 0.3) is 21.8 Å². The molecule has 1 saturated heterocycles. The zero-order valence-corrected chi connectivity index (χ0v) is 20.9. The molecule has 1 aliphatic rings. The Morgan fingerprint density at radius 3 is 2.71 bits per heavy atom. The predicted octanol–water partition coefficient (Wildman–Crippen LogP) is 2.99. The molecular weight excluding hydrogens is 480 g/mol. The number of pyridine rings is 1. The Morgan fingerprint density at radius 2 is 2.06 bits per heavy atom. The third kappa shape index (κ3) is 5.14. The number of sulfonamides is 1. The molecule has 4 rings (SSSR count). The van der Waals surface area contributed by atoms with Gasteiger partial charge in [-0.2, -0.15) is 4.31 Å². The molecule has 34 heavy (non-hydrogen) atoms. The summed E-state index contributed by atoms with van der Waals surface area (Å²) in [7, 11) is -3.77. The van der Waals surface area contributed by atoms with Crippen LogP contribution in [0.15, 0.2) is 34.1 Å². The maximum atomic E-state index is 13.6. The number of benzene rings is 1. The van der Waals surface area contributed by atoms with Gasteiger partial charge in [0.05, 0.1) is 4.90 Å². The Hall–Kier alpha value is -2.40. The summed E-state index contributed by atoms with van der Waals surface area (Å²) in [5.74, 6) is -0.878. The zero-order valence-electron chi connectivity index (χ0n) is 19.3. The van der Waals surface area contributed by atoms with Crippen LogP contribution in [0.4, 0.5) is 0 Å². The van der Waals surface area contributed by atoms with Crippen molar-refractivity contribution in [2.45, 2.75) is 62.9 Å². The van der Waals surface area contributed by atoms with Gasteiger partial charge in [0.15, 0.2) is 0 Å². The molecule has 3 heterocycles. The first-order valence-corrected chi connectivity index (χ1v) is 12.8. The van der Waals surface area contributed by atoms with Crippen molar-refractivity contribution in [3.8, 4) is 0 Å². The topological polar surface area (TPSA) is 135 Å². The smallest absolute Gasteiger partial charge is 0.303 e. The molecule has 1 aliphatic heterocycles. The molecule has 186 valence electrons. The van der Waals surface area contributed by atoms with Crippen molar-refractivity contribution in [1.29, 1.82) is 0 Å². The van der Waals surface area contributed by atoms with Crippen molar-refractivity contribution < 1.29 is 18.3 Å². The van der Waals surface area contributed by atoms with E-state index in [0.29, 0.717) is 41.2 Å². The van der Waals surface area contributed by atoms with Crippen LogP contribution in [0.3, 0.4) is 0 Å². The van der Waals surface area contributed by atoms with Crippen LogP contribution >= 0.6 is 12.4 Å². The van der Waals surface area contributed by atoms with E-state index >= 15 is 0 Å². The highest BCUT2D eigenvalue weighted by Crippen LogP contribution is 2.29. The molecule has 4 N–H and O–H groups in total. The number of H-pyrrole nitrogens is 2. The van der Waals surface area contributed by atoms with Gasteiger partial charge < -0.3 is 20.4 Å². The fourth-order valence-electron chi connectivity index (χ4n) is 4.61. The summed E-state index contributed by atoms with van der Waals surface area (Å²) in [4.78, 5) is 29.4. The van der Waals surface area contributed by atoms with Crippen LogP contribution < -0.4 is 10.9 Å². The van der Waals surface area contributed by atoms with E-state index in [0.717, 1.165) is 24.9 Å². The van der Waals surface area contributed by atoms with E-state index in [-0.39, 0.29) is 41.4 Å². The maximum absolute atomic E-state index is 13.6. The minimum Gasteiger partial charge on any atom is -0.481 e. The Balaban J connectivity index is 0.00000324. The number of nitrogens with zero attached hydrogens (tertiary/aromatic N) is 1. The van der Waals surface area contributed by atoms with Crippen molar-refractivity contribution in [1.82, 2.24) is 19.6 Å².